The van der Waals surface area contributed by atoms with Crippen molar-refractivity contribution in [3.8, 4) is 0 Å². The molecule has 0 unspecified atom stereocenters. The topological polar surface area (TPSA) is 25.8 Å². The second-order valence-corrected chi connectivity index (χ2v) is 6.75. The number of benzene rings is 4. The van der Waals surface area contributed by atoms with E-state index in [0.717, 1.165) is 22.1 Å². The van der Waals surface area contributed by atoms with E-state index in [1.54, 1.807) is 0 Å². The molecule has 4 aromatic carbocycles. The highest BCUT2D eigenvalue weighted by molar-refractivity contribution is 5.93. The van der Waals surface area contributed by atoms with E-state index in [4.69, 9.17) is 0 Å². The predicted molar refractivity (Wildman–Crippen MR) is 118 cm³/mol. The molecule has 0 N–H and O–H groups in total. The molecule has 0 amide bonds. The van der Waals surface area contributed by atoms with Gasteiger partial charge in [-0.15, -0.1) is 0 Å². The van der Waals surface area contributed by atoms with Gasteiger partial charge in [0, 0.05) is 21.5 Å². The summed E-state index contributed by atoms with van der Waals surface area (Å²) < 4.78 is 0. The van der Waals surface area contributed by atoms with Crippen LogP contribution in [0.3, 0.4) is 0 Å². The van der Waals surface area contributed by atoms with Gasteiger partial charge in [0.2, 0.25) is 0 Å². The fourth-order valence-corrected chi connectivity index (χ4v) is 3.44. The number of hydrogen-bond donors (Lipinski definition) is 0. The summed E-state index contributed by atoms with van der Waals surface area (Å²) in [7, 11) is 0. The molecule has 0 spiro atoms. The van der Waals surface area contributed by atoms with Gasteiger partial charge in [0.1, 0.15) is 0 Å². The first kappa shape index (κ1) is 16.4. The molecule has 0 bridgehead atoms. The minimum absolute atomic E-state index is 1.06. The highest BCUT2D eigenvalue weighted by Crippen LogP contribution is 2.19. The smallest absolute Gasteiger partial charge is 0.0709 e. The van der Waals surface area contributed by atoms with Gasteiger partial charge in [0.05, 0.1) is 22.1 Å². The van der Waals surface area contributed by atoms with Crippen LogP contribution in [0.1, 0.15) is 0 Å². The zero-order chi connectivity index (χ0) is 18.8. The van der Waals surface area contributed by atoms with Gasteiger partial charge in [-0.1, -0.05) is 72.8 Å². The quantitative estimate of drug-likeness (QED) is 0.280. The fourth-order valence-electron chi connectivity index (χ4n) is 3.44. The lowest BCUT2D eigenvalue weighted by molar-refractivity contribution is 1.50. The molecule has 0 saturated carbocycles. The number of nitrogens with zero attached hydrogens (tertiary/aromatic N) is 2. The molecule has 2 heterocycles. The lowest BCUT2D eigenvalue weighted by Crippen LogP contribution is -1.80. The van der Waals surface area contributed by atoms with E-state index < -0.39 is 0 Å². The summed E-state index contributed by atoms with van der Waals surface area (Å²) in [6.07, 6.45) is 0. The predicted octanol–water partition coefficient (Wildman–Crippen LogP) is 6.78. The number of hydrogen-bond acceptors (Lipinski definition) is 2. The first-order valence-corrected chi connectivity index (χ1v) is 9.36. The maximum atomic E-state index is 4.58. The minimum atomic E-state index is 1.06. The number of aromatic nitrogens is 2. The molecule has 2 heteroatoms. The van der Waals surface area contributed by atoms with Crippen LogP contribution >= 0.6 is 0 Å². The van der Waals surface area contributed by atoms with E-state index >= 15 is 0 Å². The van der Waals surface area contributed by atoms with Crippen molar-refractivity contribution < 1.29 is 0 Å². The Morgan fingerprint density at radius 1 is 0.321 bits per heavy atom. The molecule has 6 rings (SSSR count). The van der Waals surface area contributed by atoms with Crippen LogP contribution in [0.15, 0.2) is 109 Å². The molecule has 0 fully saturated rings. The van der Waals surface area contributed by atoms with Crippen LogP contribution in [0.2, 0.25) is 0 Å². The van der Waals surface area contributed by atoms with Crippen molar-refractivity contribution in [2.24, 2.45) is 0 Å². The van der Waals surface area contributed by atoms with E-state index in [2.05, 4.69) is 46.4 Å². The summed E-state index contributed by atoms with van der Waals surface area (Å²) >= 11 is 0. The van der Waals surface area contributed by atoms with Crippen LogP contribution in [0.5, 0.6) is 0 Å². The van der Waals surface area contributed by atoms with Crippen molar-refractivity contribution in [3.63, 3.8) is 0 Å². The molecule has 6 aromatic rings. The molecule has 0 atom stereocenters. The van der Waals surface area contributed by atoms with Crippen LogP contribution < -0.4 is 0 Å². The van der Waals surface area contributed by atoms with Crippen LogP contribution in [-0.4, -0.2) is 9.97 Å². The maximum absolute atomic E-state index is 4.58. The molecule has 2 aromatic heterocycles. The van der Waals surface area contributed by atoms with Crippen molar-refractivity contribution >= 4 is 43.6 Å². The Labute approximate surface area is 163 Å². The third-order valence-corrected chi connectivity index (χ3v) is 4.85. The fraction of sp³-hybridized carbons (Fsp3) is 0. The molecular weight excluding hydrogens is 340 g/mol. The summed E-state index contributed by atoms with van der Waals surface area (Å²) in [4.78, 5) is 9.16. The Kier molecular flexibility index (Phi) is 4.15. The summed E-state index contributed by atoms with van der Waals surface area (Å²) in [5.41, 5.74) is 4.25. The number of pyridine rings is 2. The molecule has 0 radical (unpaired) electrons. The Morgan fingerprint density at radius 3 is 0.857 bits per heavy atom. The van der Waals surface area contributed by atoms with Crippen molar-refractivity contribution in [2.75, 3.05) is 0 Å². The second-order valence-electron chi connectivity index (χ2n) is 6.75. The van der Waals surface area contributed by atoms with Gasteiger partial charge in [-0.25, -0.2) is 9.97 Å². The Bertz CT molecular complexity index is 1100. The molecule has 2 nitrogen and oxygen atoms in total. The standard InChI is InChI=1S/2C13H9N/c2*1-3-7-12-10(5-1)9-11-6-2-4-8-13(11)14-12/h2*1-9H. The van der Waals surface area contributed by atoms with Crippen molar-refractivity contribution in [3.05, 3.63) is 109 Å². The van der Waals surface area contributed by atoms with Gasteiger partial charge >= 0.3 is 0 Å². The summed E-state index contributed by atoms with van der Waals surface area (Å²) in [6.45, 7) is 0. The first-order valence-electron chi connectivity index (χ1n) is 9.36. The van der Waals surface area contributed by atoms with Crippen LogP contribution in [0.4, 0.5) is 0 Å². The molecule has 132 valence electrons. The molecule has 0 aliphatic carbocycles. The highest BCUT2D eigenvalue weighted by atomic mass is 14.7. The molecule has 0 saturated heterocycles. The SMILES string of the molecule is c1ccc2nc3ccccc3cc2c1.c1ccc2nc3ccccc3cc2c1. The highest BCUT2D eigenvalue weighted by Gasteiger charge is 1.97. The molecule has 0 aliphatic rings. The van der Waals surface area contributed by atoms with Gasteiger partial charge in [-0.2, -0.15) is 0 Å². The lowest BCUT2D eigenvalue weighted by atomic mass is 10.1. The van der Waals surface area contributed by atoms with Crippen LogP contribution in [0.25, 0.3) is 43.6 Å². The zero-order valence-corrected chi connectivity index (χ0v) is 15.3. The largest absolute Gasteiger partial charge is 0.248 e. The number of rotatable bonds is 0. The van der Waals surface area contributed by atoms with Gasteiger partial charge in [-0.3, -0.25) is 0 Å². The van der Waals surface area contributed by atoms with Crippen molar-refractivity contribution in [1.82, 2.24) is 9.97 Å². The zero-order valence-electron chi connectivity index (χ0n) is 15.3. The summed E-state index contributed by atoms with van der Waals surface area (Å²) in [5.74, 6) is 0. The van der Waals surface area contributed by atoms with Crippen molar-refractivity contribution in [1.29, 1.82) is 0 Å². The third kappa shape index (κ3) is 3.17. The Balaban J connectivity index is 0.000000122. The normalized spacial score (nSPS) is 10.9. The molecular formula is C26H18N2. The van der Waals surface area contributed by atoms with E-state index in [9.17, 15) is 0 Å². The monoisotopic (exact) mass is 358 g/mol. The molecule has 28 heavy (non-hydrogen) atoms. The average Bonchev–Trinajstić information content (AvgIpc) is 2.76. The van der Waals surface area contributed by atoms with Gasteiger partial charge in [-0.05, 0) is 36.4 Å². The van der Waals surface area contributed by atoms with Gasteiger partial charge < -0.3 is 0 Å². The first-order chi connectivity index (χ1) is 13.9. The summed E-state index contributed by atoms with van der Waals surface area (Å²) in [5, 5.41) is 4.80. The summed E-state index contributed by atoms with van der Waals surface area (Å²) in [6, 6.07) is 37.1. The Morgan fingerprint density at radius 2 is 0.571 bits per heavy atom. The van der Waals surface area contributed by atoms with Crippen molar-refractivity contribution in [2.45, 2.75) is 0 Å². The maximum Gasteiger partial charge on any atom is 0.0709 e. The van der Waals surface area contributed by atoms with E-state index in [1.165, 1.54) is 21.5 Å². The van der Waals surface area contributed by atoms with Gasteiger partial charge in [0.15, 0.2) is 0 Å². The van der Waals surface area contributed by atoms with Crippen LogP contribution in [-0.2, 0) is 0 Å². The van der Waals surface area contributed by atoms with E-state index in [1.807, 2.05) is 72.8 Å². The molecule has 0 aliphatic heterocycles. The minimum Gasteiger partial charge on any atom is -0.248 e. The average molecular weight is 358 g/mol. The number of fused-ring (bicyclic) bond motifs is 4. The van der Waals surface area contributed by atoms with Gasteiger partial charge in [0.25, 0.3) is 0 Å². The van der Waals surface area contributed by atoms with E-state index in [0.29, 0.717) is 0 Å². The van der Waals surface area contributed by atoms with E-state index in [-0.39, 0.29) is 0 Å². The second kappa shape index (κ2) is 7.09. The lowest BCUT2D eigenvalue weighted by Gasteiger charge is -1.99. The Hall–Kier alpha value is -3.78. The van der Waals surface area contributed by atoms with Crippen LogP contribution in [0, 0.1) is 0 Å². The third-order valence-electron chi connectivity index (χ3n) is 4.85. The number of para-hydroxylation sites is 4.